The number of methoxy groups -OCH3 is 2. The highest BCUT2D eigenvalue weighted by Gasteiger charge is 2.12. The van der Waals surface area contributed by atoms with Gasteiger partial charge < -0.3 is 14.8 Å². The van der Waals surface area contributed by atoms with Crippen molar-refractivity contribution in [3.63, 3.8) is 0 Å². The summed E-state index contributed by atoms with van der Waals surface area (Å²) in [7, 11) is 3.04. The van der Waals surface area contributed by atoms with E-state index in [1.807, 2.05) is 17.5 Å². The second-order valence-corrected chi connectivity index (χ2v) is 8.46. The number of hydrogen-bond donors (Lipinski definition) is 1. The van der Waals surface area contributed by atoms with Crippen LogP contribution in [0.25, 0.3) is 22.2 Å². The van der Waals surface area contributed by atoms with E-state index in [1.165, 1.54) is 36.5 Å². The maximum Gasteiger partial charge on any atom is 0.261 e. The average molecular weight is 485 g/mol. The van der Waals surface area contributed by atoms with Crippen molar-refractivity contribution in [1.82, 2.24) is 14.5 Å². The normalized spacial score (nSPS) is 10.9. The summed E-state index contributed by atoms with van der Waals surface area (Å²) < 4.78 is 12.0. The van der Waals surface area contributed by atoms with Crippen LogP contribution in [0, 0.1) is 0 Å². The molecule has 0 saturated carbocycles. The lowest BCUT2D eigenvalue weighted by Crippen LogP contribution is -2.22. The molecule has 2 heterocycles. The lowest BCUT2D eigenvalue weighted by molar-refractivity contribution is -0.116. The molecule has 8 nitrogen and oxygen atoms in total. The van der Waals surface area contributed by atoms with Crippen molar-refractivity contribution in [3.05, 3.63) is 63.5 Å². The van der Waals surface area contributed by atoms with Crippen LogP contribution in [0.2, 0.25) is 5.02 Å². The van der Waals surface area contributed by atoms with E-state index in [0.717, 1.165) is 11.3 Å². The first kappa shape index (κ1) is 22.8. The van der Waals surface area contributed by atoms with Crippen molar-refractivity contribution in [2.75, 3.05) is 19.5 Å². The third-order valence-electron chi connectivity index (χ3n) is 5.02. The fraction of sp³-hybridized carbons (Fsp3) is 0.217. The van der Waals surface area contributed by atoms with E-state index in [2.05, 4.69) is 15.3 Å². The molecule has 4 aromatic rings. The van der Waals surface area contributed by atoms with E-state index in [4.69, 9.17) is 21.1 Å². The number of aromatic nitrogens is 3. The maximum absolute atomic E-state index is 12.8. The molecular weight excluding hydrogens is 464 g/mol. The van der Waals surface area contributed by atoms with Crippen LogP contribution in [-0.2, 0) is 11.3 Å². The Balaban J connectivity index is 1.37. The summed E-state index contributed by atoms with van der Waals surface area (Å²) in [5.41, 5.74) is 2.02. The van der Waals surface area contributed by atoms with Gasteiger partial charge in [-0.15, -0.1) is 11.3 Å². The molecule has 10 heteroatoms. The lowest BCUT2D eigenvalue weighted by atomic mass is 10.2. The molecule has 0 aliphatic heterocycles. The monoisotopic (exact) mass is 484 g/mol. The summed E-state index contributed by atoms with van der Waals surface area (Å²) in [6.07, 6.45) is 2.20. The van der Waals surface area contributed by atoms with Crippen molar-refractivity contribution < 1.29 is 14.3 Å². The molecule has 2 aromatic heterocycles. The van der Waals surface area contributed by atoms with E-state index in [1.54, 1.807) is 24.3 Å². The smallest absolute Gasteiger partial charge is 0.261 e. The van der Waals surface area contributed by atoms with Gasteiger partial charge in [-0.2, -0.15) is 0 Å². The Morgan fingerprint density at radius 2 is 1.88 bits per heavy atom. The highest BCUT2D eigenvalue weighted by Crippen LogP contribution is 2.30. The number of hydrogen-bond acceptors (Lipinski definition) is 7. The van der Waals surface area contributed by atoms with Gasteiger partial charge in [0.15, 0.2) is 16.6 Å². The molecule has 0 fully saturated rings. The molecule has 1 amide bonds. The van der Waals surface area contributed by atoms with Crippen molar-refractivity contribution in [1.29, 1.82) is 0 Å². The van der Waals surface area contributed by atoms with Crippen molar-refractivity contribution in [2.45, 2.75) is 19.4 Å². The maximum atomic E-state index is 12.8. The minimum absolute atomic E-state index is 0.166. The standard InChI is InChI=1S/C23H21ClN4O4S/c1-31-19-10-16-17(11-20(19)32-2)25-13-28(22(16)30)9-3-4-21(29)27-23-26-18(12-33-23)14-5-7-15(24)8-6-14/h5-8,10-13H,3-4,9H2,1-2H3,(H,26,27,29). The number of amides is 1. The second kappa shape index (κ2) is 10.0. The number of aryl methyl sites for hydroxylation is 1. The Labute approximate surface area is 198 Å². The SMILES string of the molecule is COc1cc2ncn(CCCC(=O)Nc3nc(-c4ccc(Cl)cc4)cs3)c(=O)c2cc1OC. The number of halogens is 1. The van der Waals surface area contributed by atoms with Gasteiger partial charge in [0.25, 0.3) is 5.56 Å². The van der Waals surface area contributed by atoms with Crippen LogP contribution in [-0.4, -0.2) is 34.7 Å². The van der Waals surface area contributed by atoms with E-state index in [-0.39, 0.29) is 17.9 Å². The first-order chi connectivity index (χ1) is 16.0. The summed E-state index contributed by atoms with van der Waals surface area (Å²) in [4.78, 5) is 34.0. The minimum Gasteiger partial charge on any atom is -0.493 e. The zero-order valence-electron chi connectivity index (χ0n) is 18.0. The van der Waals surface area contributed by atoms with Crippen LogP contribution in [0.1, 0.15) is 12.8 Å². The molecule has 1 N–H and O–H groups in total. The summed E-state index contributed by atoms with van der Waals surface area (Å²) in [5.74, 6) is 0.801. The Morgan fingerprint density at radius 1 is 1.15 bits per heavy atom. The van der Waals surface area contributed by atoms with Crippen LogP contribution in [0.5, 0.6) is 11.5 Å². The third kappa shape index (κ3) is 5.15. The zero-order chi connectivity index (χ0) is 23.4. The molecule has 4 rings (SSSR count). The molecule has 0 spiro atoms. The number of carbonyl (C=O) groups is 1. The summed E-state index contributed by atoms with van der Waals surface area (Å²) in [6, 6.07) is 10.6. The van der Waals surface area contributed by atoms with Gasteiger partial charge >= 0.3 is 0 Å². The first-order valence-corrected chi connectivity index (χ1v) is 11.4. The number of thiazole rings is 1. The molecule has 0 radical (unpaired) electrons. The minimum atomic E-state index is -0.200. The summed E-state index contributed by atoms with van der Waals surface area (Å²) in [6.45, 7) is 0.359. The summed E-state index contributed by atoms with van der Waals surface area (Å²) in [5, 5.41) is 6.29. The van der Waals surface area contributed by atoms with Gasteiger partial charge in [0.2, 0.25) is 5.91 Å². The predicted molar refractivity (Wildman–Crippen MR) is 130 cm³/mol. The molecule has 0 unspecified atom stereocenters. The molecule has 170 valence electrons. The lowest BCUT2D eigenvalue weighted by Gasteiger charge is -2.10. The van der Waals surface area contributed by atoms with Crippen LogP contribution >= 0.6 is 22.9 Å². The first-order valence-electron chi connectivity index (χ1n) is 10.1. The predicted octanol–water partition coefficient (Wildman–Crippen LogP) is 4.61. The van der Waals surface area contributed by atoms with Crippen molar-refractivity contribution >= 4 is 44.9 Å². The van der Waals surface area contributed by atoms with Crippen LogP contribution in [0.4, 0.5) is 5.13 Å². The van der Waals surface area contributed by atoms with Gasteiger partial charge in [0.05, 0.1) is 37.1 Å². The quantitative estimate of drug-likeness (QED) is 0.392. The third-order valence-corrected chi connectivity index (χ3v) is 6.03. The fourth-order valence-corrected chi connectivity index (χ4v) is 4.18. The molecule has 0 aliphatic carbocycles. The number of ether oxygens (including phenoxy) is 2. The fourth-order valence-electron chi connectivity index (χ4n) is 3.32. The van der Waals surface area contributed by atoms with Gasteiger partial charge in [0.1, 0.15) is 0 Å². The van der Waals surface area contributed by atoms with Gasteiger partial charge in [-0.05, 0) is 24.6 Å². The van der Waals surface area contributed by atoms with Gasteiger partial charge in [-0.25, -0.2) is 9.97 Å². The molecule has 0 atom stereocenters. The Hall–Kier alpha value is -3.43. The Kier molecular flexibility index (Phi) is 6.90. The zero-order valence-corrected chi connectivity index (χ0v) is 19.6. The number of carbonyl (C=O) groups excluding carboxylic acids is 1. The second-order valence-electron chi connectivity index (χ2n) is 7.16. The molecule has 0 bridgehead atoms. The van der Waals surface area contributed by atoms with E-state index in [9.17, 15) is 9.59 Å². The molecular formula is C23H21ClN4O4S. The van der Waals surface area contributed by atoms with Gasteiger partial charge in [-0.3, -0.25) is 14.2 Å². The molecule has 2 aromatic carbocycles. The molecule has 0 aliphatic rings. The number of nitrogens with zero attached hydrogens (tertiary/aromatic N) is 3. The van der Waals surface area contributed by atoms with Crippen LogP contribution in [0.15, 0.2) is 52.9 Å². The van der Waals surface area contributed by atoms with Crippen molar-refractivity contribution in [2.24, 2.45) is 0 Å². The molecule has 0 saturated heterocycles. The largest absolute Gasteiger partial charge is 0.493 e. The molecule has 33 heavy (non-hydrogen) atoms. The highest BCUT2D eigenvalue weighted by molar-refractivity contribution is 7.14. The van der Waals surface area contributed by atoms with Crippen LogP contribution < -0.4 is 20.3 Å². The topological polar surface area (TPSA) is 95.3 Å². The average Bonchev–Trinajstić information content (AvgIpc) is 3.28. The highest BCUT2D eigenvalue weighted by atomic mass is 35.5. The van der Waals surface area contributed by atoms with Gasteiger partial charge in [0, 0.05) is 35.0 Å². The van der Waals surface area contributed by atoms with E-state index in [0.29, 0.717) is 45.5 Å². The van der Waals surface area contributed by atoms with E-state index < -0.39 is 0 Å². The number of rotatable bonds is 8. The van der Waals surface area contributed by atoms with Crippen molar-refractivity contribution in [3.8, 4) is 22.8 Å². The Bertz CT molecular complexity index is 1350. The Morgan fingerprint density at radius 3 is 2.61 bits per heavy atom. The number of benzene rings is 2. The van der Waals surface area contributed by atoms with E-state index >= 15 is 0 Å². The van der Waals surface area contributed by atoms with Gasteiger partial charge in [-0.1, -0.05) is 23.7 Å². The number of anilines is 1. The number of nitrogens with one attached hydrogen (secondary N) is 1. The number of fused-ring (bicyclic) bond motifs is 1. The summed E-state index contributed by atoms with van der Waals surface area (Å²) >= 11 is 7.27. The van der Waals surface area contributed by atoms with Crippen LogP contribution in [0.3, 0.4) is 0 Å².